The number of hydrogen-bond acceptors (Lipinski definition) is 7. The van der Waals surface area contributed by atoms with Crippen molar-refractivity contribution in [3.63, 3.8) is 0 Å². The van der Waals surface area contributed by atoms with Crippen LogP contribution in [0.1, 0.15) is 0 Å². The minimum atomic E-state index is -4.90. The van der Waals surface area contributed by atoms with Crippen LogP contribution in [0.4, 0.5) is 28.9 Å². The molecule has 2 N–H and O–H groups in total. The standard InChI is InChI=1S/C25H23F4N3O4S2/c1-31-13-18(30-38(34,35)17-9-7-16(8-10-17)36-25(27,28)29)24(33)21(14-31)32-19-4-2-3-5-22(19)37-23-12-15(26)6-11-20(23)32/h2-12,18,21,24,30,33H,13-14H2,1H3/t18-,21+,24+/m1/s1. The average Bonchev–Trinajstić information content (AvgIpc) is 2.84. The van der Waals surface area contributed by atoms with Gasteiger partial charge in [0.15, 0.2) is 0 Å². The van der Waals surface area contributed by atoms with Gasteiger partial charge in [-0.2, -0.15) is 0 Å². The van der Waals surface area contributed by atoms with Gasteiger partial charge in [0, 0.05) is 22.9 Å². The maximum atomic E-state index is 14.1. The Kier molecular flexibility index (Phi) is 7.07. The molecule has 2 aliphatic heterocycles. The van der Waals surface area contributed by atoms with Gasteiger partial charge in [0.1, 0.15) is 11.6 Å². The molecular formula is C25H23F4N3O4S2. The summed E-state index contributed by atoms with van der Waals surface area (Å²) in [5, 5.41) is 11.5. The van der Waals surface area contributed by atoms with Crippen molar-refractivity contribution in [3.8, 4) is 5.75 Å². The van der Waals surface area contributed by atoms with Crippen molar-refractivity contribution in [1.29, 1.82) is 0 Å². The number of nitrogens with one attached hydrogen (secondary N) is 1. The van der Waals surface area contributed by atoms with Crippen molar-refractivity contribution in [2.75, 3.05) is 25.0 Å². The number of likely N-dealkylation sites (N-methyl/N-ethyl adjacent to an activating group) is 1. The molecule has 3 atom stereocenters. The van der Waals surface area contributed by atoms with E-state index >= 15 is 0 Å². The molecule has 202 valence electrons. The number of anilines is 2. The molecule has 0 radical (unpaired) electrons. The number of hydrogen-bond donors (Lipinski definition) is 2. The summed E-state index contributed by atoms with van der Waals surface area (Å²) < 4.78 is 83.9. The summed E-state index contributed by atoms with van der Waals surface area (Å²) in [4.78, 5) is 5.04. The molecule has 0 amide bonds. The SMILES string of the molecule is CN1C[C@@H](NS(=O)(=O)c2ccc(OC(F)(F)F)cc2)[C@H](O)[C@@H](N2c3ccccc3Sc3cc(F)ccc32)C1. The topological polar surface area (TPSA) is 82.1 Å². The predicted octanol–water partition coefficient (Wildman–Crippen LogP) is 4.35. The fourth-order valence-corrected chi connectivity index (χ4v) is 7.10. The highest BCUT2D eigenvalue weighted by molar-refractivity contribution is 7.99. The molecule has 3 aromatic carbocycles. The Bertz CT molecular complexity index is 1440. The second-order valence-corrected chi connectivity index (χ2v) is 11.9. The number of rotatable bonds is 5. The van der Waals surface area contributed by atoms with E-state index < -0.39 is 46.1 Å². The summed E-state index contributed by atoms with van der Waals surface area (Å²) >= 11 is 1.41. The van der Waals surface area contributed by atoms with Crippen molar-refractivity contribution < 1.29 is 35.8 Å². The number of nitrogens with zero attached hydrogens (tertiary/aromatic N) is 2. The van der Waals surface area contributed by atoms with Gasteiger partial charge in [0.05, 0.1) is 34.5 Å². The number of halogens is 4. The van der Waals surface area contributed by atoms with E-state index in [2.05, 4.69) is 9.46 Å². The van der Waals surface area contributed by atoms with Crippen LogP contribution in [0.25, 0.3) is 0 Å². The van der Waals surface area contributed by atoms with Crippen LogP contribution < -0.4 is 14.4 Å². The number of benzene rings is 3. The van der Waals surface area contributed by atoms with Gasteiger partial charge in [0.2, 0.25) is 10.0 Å². The van der Waals surface area contributed by atoms with E-state index in [4.69, 9.17) is 0 Å². The highest BCUT2D eigenvalue weighted by Gasteiger charge is 2.42. The lowest BCUT2D eigenvalue weighted by Crippen LogP contribution is -2.64. The minimum Gasteiger partial charge on any atom is -0.406 e. The lowest BCUT2D eigenvalue weighted by Gasteiger charge is -2.47. The zero-order valence-electron chi connectivity index (χ0n) is 19.9. The van der Waals surface area contributed by atoms with Gasteiger partial charge in [-0.15, -0.1) is 13.2 Å². The van der Waals surface area contributed by atoms with E-state index in [0.29, 0.717) is 17.1 Å². The van der Waals surface area contributed by atoms with Gasteiger partial charge in [-0.3, -0.25) is 0 Å². The van der Waals surface area contributed by atoms with Gasteiger partial charge in [-0.05, 0) is 61.6 Å². The first kappa shape index (κ1) is 26.8. The third kappa shape index (κ3) is 5.47. The number of aliphatic hydroxyl groups excluding tert-OH is 1. The third-order valence-electron chi connectivity index (χ3n) is 6.35. The zero-order chi connectivity index (χ0) is 27.2. The summed E-state index contributed by atoms with van der Waals surface area (Å²) in [6.07, 6.45) is -6.08. The van der Waals surface area contributed by atoms with Crippen LogP contribution in [0.2, 0.25) is 0 Å². The quantitative estimate of drug-likeness (QED) is 0.443. The van der Waals surface area contributed by atoms with Gasteiger partial charge >= 0.3 is 6.36 Å². The Hall–Kier alpha value is -2.84. The monoisotopic (exact) mass is 569 g/mol. The maximum absolute atomic E-state index is 14.1. The highest BCUT2D eigenvalue weighted by Crippen LogP contribution is 2.49. The number of aliphatic hydroxyl groups is 1. The zero-order valence-corrected chi connectivity index (χ0v) is 21.5. The molecule has 2 aliphatic rings. The summed E-state index contributed by atoms with van der Waals surface area (Å²) in [7, 11) is -2.41. The molecule has 0 aliphatic carbocycles. The van der Waals surface area contributed by atoms with Crippen molar-refractivity contribution >= 4 is 33.2 Å². The molecular weight excluding hydrogens is 546 g/mol. The molecule has 3 aromatic rings. The van der Waals surface area contributed by atoms with E-state index in [1.807, 2.05) is 34.1 Å². The van der Waals surface area contributed by atoms with E-state index in [0.717, 1.165) is 34.8 Å². The summed E-state index contributed by atoms with van der Waals surface area (Å²) in [5.74, 6) is -0.945. The number of alkyl halides is 3. The maximum Gasteiger partial charge on any atom is 0.573 e. The molecule has 1 fully saturated rings. The predicted molar refractivity (Wildman–Crippen MR) is 134 cm³/mol. The molecule has 2 heterocycles. The van der Waals surface area contributed by atoms with E-state index in [9.17, 15) is 31.1 Å². The summed E-state index contributed by atoms with van der Waals surface area (Å²) in [6, 6.07) is 14.2. The molecule has 0 unspecified atom stereocenters. The van der Waals surface area contributed by atoms with Crippen LogP contribution >= 0.6 is 11.8 Å². The normalized spacial score (nSPS) is 22.1. The van der Waals surface area contributed by atoms with Crippen LogP contribution in [0.15, 0.2) is 81.4 Å². The summed E-state index contributed by atoms with van der Waals surface area (Å²) in [6.45, 7) is 0.575. The third-order valence-corrected chi connectivity index (χ3v) is 8.96. The van der Waals surface area contributed by atoms with Crippen LogP contribution in [-0.2, 0) is 10.0 Å². The van der Waals surface area contributed by atoms with E-state index in [-0.39, 0.29) is 11.4 Å². The lowest BCUT2D eigenvalue weighted by molar-refractivity contribution is -0.274. The number of likely N-dealkylation sites (tertiary alicyclic amines) is 1. The minimum absolute atomic E-state index is 0.187. The van der Waals surface area contributed by atoms with Crippen molar-refractivity contribution in [2.45, 2.75) is 39.2 Å². The fraction of sp³-hybridized carbons (Fsp3) is 0.280. The largest absolute Gasteiger partial charge is 0.573 e. The van der Waals surface area contributed by atoms with Crippen LogP contribution in [0, 0.1) is 5.82 Å². The van der Waals surface area contributed by atoms with Gasteiger partial charge < -0.3 is 19.6 Å². The van der Waals surface area contributed by atoms with Crippen molar-refractivity contribution in [3.05, 3.63) is 72.5 Å². The Morgan fingerprint density at radius 1 is 1.00 bits per heavy atom. The lowest BCUT2D eigenvalue weighted by atomic mass is 9.95. The summed E-state index contributed by atoms with van der Waals surface area (Å²) in [5.41, 5.74) is 1.49. The Labute approximate surface area is 221 Å². The highest BCUT2D eigenvalue weighted by atomic mass is 32.2. The van der Waals surface area contributed by atoms with Crippen LogP contribution in [0.3, 0.4) is 0 Å². The second kappa shape index (κ2) is 10.0. The number of sulfonamides is 1. The van der Waals surface area contributed by atoms with Gasteiger partial charge in [-0.25, -0.2) is 17.5 Å². The Morgan fingerprint density at radius 3 is 2.39 bits per heavy atom. The molecule has 13 heteroatoms. The first-order chi connectivity index (χ1) is 17.9. The molecule has 7 nitrogen and oxygen atoms in total. The fourth-order valence-electron chi connectivity index (χ4n) is 4.76. The van der Waals surface area contributed by atoms with Crippen molar-refractivity contribution in [2.24, 2.45) is 0 Å². The number of fused-ring (bicyclic) bond motifs is 2. The first-order valence-corrected chi connectivity index (χ1v) is 13.8. The molecule has 1 saturated heterocycles. The van der Waals surface area contributed by atoms with E-state index in [1.54, 1.807) is 13.1 Å². The molecule has 38 heavy (non-hydrogen) atoms. The number of para-hydroxylation sites is 1. The molecule has 0 saturated carbocycles. The van der Waals surface area contributed by atoms with Crippen LogP contribution in [0.5, 0.6) is 5.75 Å². The first-order valence-electron chi connectivity index (χ1n) is 11.5. The van der Waals surface area contributed by atoms with Gasteiger partial charge in [-0.1, -0.05) is 23.9 Å². The van der Waals surface area contributed by atoms with Crippen molar-refractivity contribution in [1.82, 2.24) is 9.62 Å². The smallest absolute Gasteiger partial charge is 0.406 e. The number of piperidine rings is 1. The molecule has 0 spiro atoms. The van der Waals surface area contributed by atoms with E-state index in [1.165, 1.54) is 23.9 Å². The Morgan fingerprint density at radius 2 is 1.68 bits per heavy atom. The molecule has 5 rings (SSSR count). The average molecular weight is 570 g/mol. The number of ether oxygens (including phenoxy) is 1. The Balaban J connectivity index is 1.43. The van der Waals surface area contributed by atoms with Crippen LogP contribution in [-0.4, -0.2) is 63.1 Å². The molecule has 0 aromatic heterocycles. The van der Waals surface area contributed by atoms with Gasteiger partial charge in [0.25, 0.3) is 0 Å². The second-order valence-electron chi connectivity index (χ2n) is 9.08. The molecule has 0 bridgehead atoms.